The molecule has 0 unspecified atom stereocenters. The number of rotatable bonds is 3. The summed E-state index contributed by atoms with van der Waals surface area (Å²) in [5, 5.41) is 0. The van der Waals surface area contributed by atoms with Gasteiger partial charge in [0.25, 0.3) is 0 Å². The third-order valence-electron chi connectivity index (χ3n) is 6.22. The van der Waals surface area contributed by atoms with Crippen molar-refractivity contribution in [3.8, 4) is 0 Å². The third kappa shape index (κ3) is 3.32. The molecule has 0 aromatic heterocycles. The summed E-state index contributed by atoms with van der Waals surface area (Å²) < 4.78 is 16.9. The molecule has 1 saturated carbocycles. The van der Waals surface area contributed by atoms with Gasteiger partial charge >= 0.3 is 17.9 Å². The van der Waals surface area contributed by atoms with Gasteiger partial charge in [-0.1, -0.05) is 25.2 Å². The molecular formula is C22H26O7. The molecule has 0 aromatic carbocycles. The van der Waals surface area contributed by atoms with Gasteiger partial charge in [0.1, 0.15) is 18.3 Å². The minimum absolute atomic E-state index is 0.107. The van der Waals surface area contributed by atoms with Crippen LogP contribution in [0.4, 0.5) is 0 Å². The summed E-state index contributed by atoms with van der Waals surface area (Å²) in [5.74, 6) is -3.52. The molecule has 2 fully saturated rings. The summed E-state index contributed by atoms with van der Waals surface area (Å²) >= 11 is 0. The lowest BCUT2D eigenvalue weighted by Crippen LogP contribution is -2.49. The predicted octanol–water partition coefficient (Wildman–Crippen LogP) is 2.30. The van der Waals surface area contributed by atoms with E-state index >= 15 is 0 Å². The number of hydrogen-bond donors (Lipinski definition) is 0. The van der Waals surface area contributed by atoms with Gasteiger partial charge in [0.15, 0.2) is 5.78 Å². The fraction of sp³-hybridized carbons (Fsp3) is 0.545. The number of allylic oxidation sites excluding steroid dienone is 3. The number of fused-ring (bicyclic) bond motifs is 2. The van der Waals surface area contributed by atoms with E-state index in [1.807, 2.05) is 6.92 Å². The first-order chi connectivity index (χ1) is 13.5. The lowest BCUT2D eigenvalue weighted by molar-refractivity contribution is -0.167. The lowest BCUT2D eigenvalue weighted by Gasteiger charge is -2.39. The zero-order valence-corrected chi connectivity index (χ0v) is 17.3. The Bertz CT molecular complexity index is 847. The second-order valence-electron chi connectivity index (χ2n) is 8.47. The van der Waals surface area contributed by atoms with Crippen molar-refractivity contribution < 1.29 is 33.4 Å². The van der Waals surface area contributed by atoms with Crippen molar-refractivity contribution in [3.05, 3.63) is 36.0 Å². The van der Waals surface area contributed by atoms with Gasteiger partial charge in [-0.25, -0.2) is 9.59 Å². The first-order valence-corrected chi connectivity index (χ1v) is 9.63. The largest absolute Gasteiger partial charge is 0.458 e. The standard InChI is InChI=1S/C22H26O7/c1-10(2)9-16(25)28-20-17-12(4)21(26)29-19(17)18(27-13(5)23)11(3)14-7-8-15(24)22(14,20)6/h7-9,11,14,17-20H,4H2,1-3,5-6H3/t11-,14-,17+,18+,19-,20-,22-/m0/s1. The van der Waals surface area contributed by atoms with E-state index in [0.717, 1.165) is 5.57 Å². The highest BCUT2D eigenvalue weighted by atomic mass is 16.6. The molecule has 0 radical (unpaired) electrons. The third-order valence-corrected chi connectivity index (χ3v) is 6.22. The second-order valence-corrected chi connectivity index (χ2v) is 8.47. The first-order valence-electron chi connectivity index (χ1n) is 9.63. The van der Waals surface area contributed by atoms with Gasteiger partial charge < -0.3 is 14.2 Å². The van der Waals surface area contributed by atoms with E-state index < -0.39 is 47.6 Å². The molecule has 1 saturated heterocycles. The molecule has 3 aliphatic rings. The Hall–Kier alpha value is -2.70. The zero-order chi connectivity index (χ0) is 21.7. The van der Waals surface area contributed by atoms with Crippen LogP contribution in [0.25, 0.3) is 0 Å². The van der Waals surface area contributed by atoms with Crippen LogP contribution in [0.1, 0.15) is 34.6 Å². The van der Waals surface area contributed by atoms with Crippen molar-refractivity contribution in [2.75, 3.05) is 0 Å². The van der Waals surface area contributed by atoms with Crippen molar-refractivity contribution in [3.63, 3.8) is 0 Å². The van der Waals surface area contributed by atoms with Gasteiger partial charge in [0.05, 0.1) is 11.3 Å². The van der Waals surface area contributed by atoms with Crippen molar-refractivity contribution in [2.24, 2.45) is 23.2 Å². The van der Waals surface area contributed by atoms with Crippen molar-refractivity contribution in [2.45, 2.75) is 52.9 Å². The fourth-order valence-electron chi connectivity index (χ4n) is 4.85. The number of ether oxygens (including phenoxy) is 3. The van der Waals surface area contributed by atoms with Crippen LogP contribution < -0.4 is 0 Å². The molecule has 0 spiro atoms. The Kier molecular flexibility index (Phi) is 5.28. The van der Waals surface area contributed by atoms with E-state index in [0.29, 0.717) is 0 Å². The number of carbonyl (C=O) groups is 4. The normalized spacial score (nSPS) is 37.9. The highest BCUT2D eigenvalue weighted by molar-refractivity contribution is 5.99. The Labute approximate surface area is 169 Å². The highest BCUT2D eigenvalue weighted by Crippen LogP contribution is 2.55. The molecule has 7 nitrogen and oxygen atoms in total. The number of hydrogen-bond acceptors (Lipinski definition) is 7. The van der Waals surface area contributed by atoms with E-state index in [1.54, 1.807) is 26.8 Å². The maximum atomic E-state index is 13.0. The lowest BCUT2D eigenvalue weighted by atomic mass is 9.67. The minimum Gasteiger partial charge on any atom is -0.458 e. The van der Waals surface area contributed by atoms with Crippen LogP contribution in [0.3, 0.4) is 0 Å². The second kappa shape index (κ2) is 7.28. The number of ketones is 1. The smallest absolute Gasteiger partial charge is 0.334 e. The Morgan fingerprint density at radius 1 is 1.21 bits per heavy atom. The molecule has 29 heavy (non-hydrogen) atoms. The molecule has 0 bridgehead atoms. The van der Waals surface area contributed by atoms with Crippen molar-refractivity contribution in [1.82, 2.24) is 0 Å². The molecule has 2 aliphatic carbocycles. The topological polar surface area (TPSA) is 96.0 Å². The summed E-state index contributed by atoms with van der Waals surface area (Å²) in [6.45, 7) is 12.2. The van der Waals surface area contributed by atoms with E-state index in [4.69, 9.17) is 14.2 Å². The average molecular weight is 402 g/mol. The predicted molar refractivity (Wildman–Crippen MR) is 102 cm³/mol. The van der Waals surface area contributed by atoms with Gasteiger partial charge in [0, 0.05) is 24.5 Å². The van der Waals surface area contributed by atoms with Crippen molar-refractivity contribution in [1.29, 1.82) is 0 Å². The van der Waals surface area contributed by atoms with E-state index in [9.17, 15) is 19.2 Å². The fourth-order valence-corrected chi connectivity index (χ4v) is 4.85. The highest BCUT2D eigenvalue weighted by Gasteiger charge is 2.65. The van der Waals surface area contributed by atoms with Gasteiger partial charge in [0.2, 0.25) is 0 Å². The zero-order valence-electron chi connectivity index (χ0n) is 17.3. The van der Waals surface area contributed by atoms with Gasteiger partial charge in [-0.15, -0.1) is 0 Å². The van der Waals surface area contributed by atoms with Crippen molar-refractivity contribution >= 4 is 23.7 Å². The molecular weight excluding hydrogens is 376 g/mol. The summed E-state index contributed by atoms with van der Waals surface area (Å²) in [4.78, 5) is 49.6. The Morgan fingerprint density at radius 2 is 1.86 bits per heavy atom. The number of carbonyl (C=O) groups excluding carboxylic acids is 4. The summed E-state index contributed by atoms with van der Waals surface area (Å²) in [7, 11) is 0. The Balaban J connectivity index is 2.15. The molecule has 0 N–H and O–H groups in total. The van der Waals surface area contributed by atoms with Crippen LogP contribution in [-0.2, 0) is 33.4 Å². The van der Waals surface area contributed by atoms with E-state index in [-0.39, 0.29) is 23.2 Å². The van der Waals surface area contributed by atoms with Crippen LogP contribution in [0, 0.1) is 23.2 Å². The molecule has 156 valence electrons. The molecule has 7 heteroatoms. The van der Waals surface area contributed by atoms with E-state index in [1.165, 1.54) is 19.1 Å². The van der Waals surface area contributed by atoms with Crippen LogP contribution >= 0.6 is 0 Å². The van der Waals surface area contributed by atoms with Gasteiger partial charge in [-0.2, -0.15) is 0 Å². The SMILES string of the molecule is C=C1C(=O)O[C@@H]2[C@H](OC(C)=O)[C@@H](C)[C@@H]3C=CC(=O)[C@@]3(C)[C@@H](OC(=O)C=C(C)C)[C@H]12. The van der Waals surface area contributed by atoms with Crippen LogP contribution in [0.15, 0.2) is 36.0 Å². The molecule has 1 heterocycles. The maximum absolute atomic E-state index is 13.0. The number of esters is 3. The minimum atomic E-state index is -1.14. The molecule has 1 aliphatic heterocycles. The monoisotopic (exact) mass is 402 g/mol. The average Bonchev–Trinajstić information content (AvgIpc) is 3.05. The molecule has 0 amide bonds. The summed E-state index contributed by atoms with van der Waals surface area (Å²) in [5.41, 5.74) is -0.295. The van der Waals surface area contributed by atoms with Crippen LogP contribution in [0.2, 0.25) is 0 Å². The molecule has 3 rings (SSSR count). The molecule has 0 aromatic rings. The van der Waals surface area contributed by atoms with Crippen LogP contribution in [0.5, 0.6) is 0 Å². The van der Waals surface area contributed by atoms with E-state index in [2.05, 4.69) is 6.58 Å². The summed E-state index contributed by atoms with van der Waals surface area (Å²) in [6, 6.07) is 0. The van der Waals surface area contributed by atoms with Gasteiger partial charge in [-0.05, 0) is 32.8 Å². The van der Waals surface area contributed by atoms with Gasteiger partial charge in [-0.3, -0.25) is 9.59 Å². The first kappa shape index (κ1) is 21.0. The maximum Gasteiger partial charge on any atom is 0.334 e. The summed E-state index contributed by atoms with van der Waals surface area (Å²) in [6.07, 6.45) is 1.88. The van der Waals surface area contributed by atoms with Crippen LogP contribution in [-0.4, -0.2) is 42.0 Å². The Morgan fingerprint density at radius 3 is 2.45 bits per heavy atom. The quantitative estimate of drug-likeness (QED) is 0.406. The molecule has 7 atom stereocenters.